The van der Waals surface area contributed by atoms with Gasteiger partial charge < -0.3 is 15.2 Å². The first-order valence-corrected chi connectivity index (χ1v) is 8.63. The molecule has 0 radical (unpaired) electrons. The molecule has 0 aromatic heterocycles. The van der Waals surface area contributed by atoms with Gasteiger partial charge in [0.25, 0.3) is 0 Å². The first kappa shape index (κ1) is 16.5. The zero-order chi connectivity index (χ0) is 18.1. The molecule has 2 aliphatic rings. The summed E-state index contributed by atoms with van der Waals surface area (Å²) >= 11 is 0. The van der Waals surface area contributed by atoms with Crippen LogP contribution in [0, 0.1) is 11.8 Å². The molecule has 0 spiro atoms. The monoisotopic (exact) mass is 349 g/mol. The molecule has 5 nitrogen and oxygen atoms in total. The SMILES string of the molecule is O=C(O)[C@@H]1[C@H](C(=O)Nc2ccccc2Cc2ccccc2)[C@@H]2C=C[C@@H]1O2. The average molecular weight is 349 g/mol. The highest BCUT2D eigenvalue weighted by molar-refractivity contribution is 5.97. The van der Waals surface area contributed by atoms with Gasteiger partial charge in [0, 0.05) is 5.69 Å². The molecule has 5 heteroatoms. The standard InChI is InChI=1S/C21H19NO4/c23-20(18-16-10-11-17(26-16)19(18)21(24)25)22-15-9-5-4-8-14(15)12-13-6-2-1-3-7-13/h1-11,16-19H,12H2,(H,22,23)(H,24,25)/t16-,17-,18+,19-/m0/s1. The van der Waals surface area contributed by atoms with Gasteiger partial charge in [-0.2, -0.15) is 0 Å². The van der Waals surface area contributed by atoms with E-state index in [1.807, 2.05) is 54.6 Å². The second-order valence-electron chi connectivity index (χ2n) is 6.65. The van der Waals surface area contributed by atoms with Crippen molar-refractivity contribution in [2.45, 2.75) is 18.6 Å². The van der Waals surface area contributed by atoms with Crippen LogP contribution >= 0.6 is 0 Å². The van der Waals surface area contributed by atoms with Gasteiger partial charge >= 0.3 is 5.97 Å². The van der Waals surface area contributed by atoms with Gasteiger partial charge in [0.2, 0.25) is 5.91 Å². The third-order valence-corrected chi connectivity index (χ3v) is 5.00. The van der Waals surface area contributed by atoms with Gasteiger partial charge in [0.15, 0.2) is 0 Å². The van der Waals surface area contributed by atoms with Crippen LogP contribution < -0.4 is 5.32 Å². The van der Waals surface area contributed by atoms with Crippen LogP contribution in [0.1, 0.15) is 11.1 Å². The predicted octanol–water partition coefficient (Wildman–Crippen LogP) is 2.87. The lowest BCUT2D eigenvalue weighted by Gasteiger charge is -2.21. The highest BCUT2D eigenvalue weighted by Gasteiger charge is 2.53. The molecule has 4 rings (SSSR count). The number of benzene rings is 2. The quantitative estimate of drug-likeness (QED) is 0.814. The summed E-state index contributed by atoms with van der Waals surface area (Å²) in [5, 5.41) is 12.4. The summed E-state index contributed by atoms with van der Waals surface area (Å²) in [6.07, 6.45) is 3.21. The molecular weight excluding hydrogens is 330 g/mol. The van der Waals surface area contributed by atoms with Crippen molar-refractivity contribution in [2.24, 2.45) is 11.8 Å². The van der Waals surface area contributed by atoms with E-state index in [2.05, 4.69) is 5.32 Å². The molecule has 1 amide bonds. The third-order valence-electron chi connectivity index (χ3n) is 5.00. The van der Waals surface area contributed by atoms with E-state index in [1.165, 1.54) is 0 Å². The van der Waals surface area contributed by atoms with Gasteiger partial charge in [0.1, 0.15) is 5.92 Å². The summed E-state index contributed by atoms with van der Waals surface area (Å²) in [6.45, 7) is 0. The fourth-order valence-electron chi connectivity index (χ4n) is 3.74. The minimum Gasteiger partial charge on any atom is -0.481 e. The number of aliphatic carboxylic acids is 1. The Morgan fingerprint density at radius 2 is 1.58 bits per heavy atom. The van der Waals surface area contributed by atoms with Crippen molar-refractivity contribution < 1.29 is 19.4 Å². The van der Waals surface area contributed by atoms with E-state index >= 15 is 0 Å². The van der Waals surface area contributed by atoms with Crippen LogP contribution in [0.5, 0.6) is 0 Å². The Hall–Kier alpha value is -2.92. The van der Waals surface area contributed by atoms with Gasteiger partial charge in [-0.1, -0.05) is 60.7 Å². The molecule has 1 saturated heterocycles. The molecule has 2 aliphatic heterocycles. The van der Waals surface area contributed by atoms with Gasteiger partial charge in [-0.3, -0.25) is 9.59 Å². The average Bonchev–Trinajstić information content (AvgIpc) is 3.25. The van der Waals surface area contributed by atoms with Crippen LogP contribution in [0.15, 0.2) is 66.7 Å². The zero-order valence-corrected chi connectivity index (χ0v) is 14.0. The molecule has 4 atom stereocenters. The van der Waals surface area contributed by atoms with E-state index in [0.717, 1.165) is 11.1 Å². The summed E-state index contributed by atoms with van der Waals surface area (Å²) in [5.74, 6) is -2.87. The second-order valence-corrected chi connectivity index (χ2v) is 6.65. The van der Waals surface area contributed by atoms with Crippen molar-refractivity contribution >= 4 is 17.6 Å². The number of hydrogen-bond acceptors (Lipinski definition) is 3. The van der Waals surface area contributed by atoms with Gasteiger partial charge in [-0.05, 0) is 23.6 Å². The van der Waals surface area contributed by atoms with Crippen molar-refractivity contribution in [3.05, 3.63) is 77.9 Å². The normalized spacial score (nSPS) is 26.0. The largest absolute Gasteiger partial charge is 0.481 e. The van der Waals surface area contributed by atoms with E-state index in [-0.39, 0.29) is 5.91 Å². The maximum Gasteiger partial charge on any atom is 0.310 e. The second kappa shape index (κ2) is 6.77. The molecule has 2 aromatic carbocycles. The summed E-state index contributed by atoms with van der Waals surface area (Å²) in [7, 11) is 0. The number of hydrogen-bond donors (Lipinski definition) is 2. The Kier molecular flexibility index (Phi) is 4.31. The highest BCUT2D eigenvalue weighted by Crippen LogP contribution is 2.40. The third kappa shape index (κ3) is 3.02. The minimum atomic E-state index is -1.00. The number of amides is 1. The maximum absolute atomic E-state index is 12.8. The number of carboxylic acids is 1. The van der Waals surface area contributed by atoms with Gasteiger partial charge in [0.05, 0.1) is 18.1 Å². The summed E-state index contributed by atoms with van der Waals surface area (Å²) in [5.41, 5.74) is 2.83. The summed E-state index contributed by atoms with van der Waals surface area (Å²) in [6, 6.07) is 17.6. The molecule has 0 unspecified atom stereocenters. The molecule has 2 N–H and O–H groups in total. The predicted molar refractivity (Wildman–Crippen MR) is 96.7 cm³/mol. The molecule has 132 valence electrons. The summed E-state index contributed by atoms with van der Waals surface area (Å²) < 4.78 is 5.59. The molecule has 2 heterocycles. The number of carboxylic acid groups (broad SMARTS) is 1. The Bertz CT molecular complexity index is 861. The van der Waals surface area contributed by atoms with Crippen LogP contribution in [0.3, 0.4) is 0 Å². The van der Waals surface area contributed by atoms with Crippen LogP contribution in [-0.2, 0) is 20.7 Å². The number of fused-ring (bicyclic) bond motifs is 2. The van der Waals surface area contributed by atoms with Crippen LogP contribution in [0.25, 0.3) is 0 Å². The van der Waals surface area contributed by atoms with Crippen LogP contribution in [-0.4, -0.2) is 29.2 Å². The number of carbonyl (C=O) groups excluding carboxylic acids is 1. The molecule has 0 saturated carbocycles. The Balaban J connectivity index is 1.55. The molecule has 26 heavy (non-hydrogen) atoms. The van der Waals surface area contributed by atoms with Gasteiger partial charge in [-0.15, -0.1) is 0 Å². The molecule has 2 aromatic rings. The van der Waals surface area contributed by atoms with Crippen molar-refractivity contribution in [3.63, 3.8) is 0 Å². The number of anilines is 1. The minimum absolute atomic E-state index is 0.310. The molecule has 0 aliphatic carbocycles. The number of nitrogens with one attached hydrogen (secondary N) is 1. The zero-order valence-electron chi connectivity index (χ0n) is 14.0. The lowest BCUT2D eigenvalue weighted by Crippen LogP contribution is -2.39. The lowest BCUT2D eigenvalue weighted by atomic mass is 9.82. The van der Waals surface area contributed by atoms with E-state index in [4.69, 9.17) is 4.74 Å². The van der Waals surface area contributed by atoms with Crippen molar-refractivity contribution in [3.8, 4) is 0 Å². The Labute approximate surface area is 151 Å². The fourth-order valence-corrected chi connectivity index (χ4v) is 3.74. The highest BCUT2D eigenvalue weighted by atomic mass is 16.5. The lowest BCUT2D eigenvalue weighted by molar-refractivity contribution is -0.145. The van der Waals surface area contributed by atoms with E-state index in [9.17, 15) is 14.7 Å². The molecule has 1 fully saturated rings. The summed E-state index contributed by atoms with van der Waals surface area (Å²) in [4.78, 5) is 24.4. The van der Waals surface area contributed by atoms with Crippen molar-refractivity contribution in [1.29, 1.82) is 0 Å². The number of ether oxygens (including phenoxy) is 1. The van der Waals surface area contributed by atoms with Crippen molar-refractivity contribution in [1.82, 2.24) is 0 Å². The van der Waals surface area contributed by atoms with Gasteiger partial charge in [-0.25, -0.2) is 0 Å². The number of carbonyl (C=O) groups is 2. The number of rotatable bonds is 5. The fraction of sp³-hybridized carbons (Fsp3) is 0.238. The molecular formula is C21H19NO4. The van der Waals surface area contributed by atoms with Crippen molar-refractivity contribution in [2.75, 3.05) is 5.32 Å². The number of para-hydroxylation sites is 1. The first-order chi connectivity index (χ1) is 12.6. The maximum atomic E-state index is 12.8. The first-order valence-electron chi connectivity index (χ1n) is 8.63. The Morgan fingerprint density at radius 1 is 0.923 bits per heavy atom. The topological polar surface area (TPSA) is 75.6 Å². The van der Waals surface area contributed by atoms with E-state index in [1.54, 1.807) is 12.2 Å². The van der Waals surface area contributed by atoms with Crippen LogP contribution in [0.2, 0.25) is 0 Å². The Morgan fingerprint density at radius 3 is 2.31 bits per heavy atom. The van der Waals surface area contributed by atoms with E-state index < -0.39 is 30.0 Å². The molecule has 2 bridgehead atoms. The smallest absolute Gasteiger partial charge is 0.310 e. The van der Waals surface area contributed by atoms with Crippen LogP contribution in [0.4, 0.5) is 5.69 Å². The van der Waals surface area contributed by atoms with E-state index in [0.29, 0.717) is 12.1 Å².